The molecule has 0 heterocycles. The van der Waals surface area contributed by atoms with Gasteiger partial charge in [-0.25, -0.2) is 0 Å². The quantitative estimate of drug-likeness (QED) is 0.870. The fraction of sp³-hybridized carbons (Fsp3) is 0.143. The Bertz CT molecular complexity index is 505. The van der Waals surface area contributed by atoms with Gasteiger partial charge in [0.1, 0.15) is 12.4 Å². The summed E-state index contributed by atoms with van der Waals surface area (Å²) in [5.41, 5.74) is 8.73. The molecule has 0 saturated heterocycles. The molecule has 0 aliphatic rings. The predicted octanol–water partition coefficient (Wildman–Crippen LogP) is 3.92. The van der Waals surface area contributed by atoms with Crippen molar-refractivity contribution in [1.82, 2.24) is 0 Å². The van der Waals surface area contributed by atoms with Crippen LogP contribution in [0.25, 0.3) is 0 Å². The van der Waals surface area contributed by atoms with Gasteiger partial charge in [-0.2, -0.15) is 0 Å². The van der Waals surface area contributed by atoms with Crippen LogP contribution in [0.1, 0.15) is 11.1 Å². The van der Waals surface area contributed by atoms with Crippen molar-refractivity contribution in [3.63, 3.8) is 0 Å². The highest BCUT2D eigenvalue weighted by atomic mass is 79.9. The average Bonchev–Trinajstić information content (AvgIpc) is 2.28. The number of rotatable bonds is 3. The molecule has 0 aromatic heterocycles. The SMILES string of the molecule is Cc1cccc(N)c1OCc1cccc(Br)c1. The third-order valence-corrected chi connectivity index (χ3v) is 3.01. The second kappa shape index (κ2) is 5.23. The van der Waals surface area contributed by atoms with Gasteiger partial charge in [-0.1, -0.05) is 40.2 Å². The summed E-state index contributed by atoms with van der Waals surface area (Å²) < 4.78 is 6.81. The Morgan fingerprint density at radius 2 is 1.94 bits per heavy atom. The van der Waals surface area contributed by atoms with Gasteiger partial charge in [0.25, 0.3) is 0 Å². The van der Waals surface area contributed by atoms with E-state index in [4.69, 9.17) is 10.5 Å². The fourth-order valence-corrected chi connectivity index (χ4v) is 2.10. The van der Waals surface area contributed by atoms with Crippen LogP contribution in [-0.4, -0.2) is 0 Å². The molecule has 2 rings (SSSR count). The van der Waals surface area contributed by atoms with E-state index in [2.05, 4.69) is 15.9 Å². The van der Waals surface area contributed by atoms with Crippen molar-refractivity contribution in [2.24, 2.45) is 0 Å². The molecule has 88 valence electrons. The van der Waals surface area contributed by atoms with Crippen LogP contribution in [0.2, 0.25) is 0 Å². The van der Waals surface area contributed by atoms with Crippen molar-refractivity contribution in [3.8, 4) is 5.75 Å². The molecule has 2 aromatic carbocycles. The summed E-state index contributed by atoms with van der Waals surface area (Å²) >= 11 is 3.44. The molecular weight excluding hydrogens is 278 g/mol. The number of nitrogen functional groups attached to an aromatic ring is 1. The van der Waals surface area contributed by atoms with Crippen LogP contribution in [0, 0.1) is 6.92 Å². The van der Waals surface area contributed by atoms with Gasteiger partial charge in [0, 0.05) is 4.47 Å². The summed E-state index contributed by atoms with van der Waals surface area (Å²) in [4.78, 5) is 0. The van der Waals surface area contributed by atoms with E-state index in [9.17, 15) is 0 Å². The van der Waals surface area contributed by atoms with E-state index >= 15 is 0 Å². The molecule has 0 radical (unpaired) electrons. The largest absolute Gasteiger partial charge is 0.486 e. The highest BCUT2D eigenvalue weighted by Crippen LogP contribution is 2.26. The molecule has 0 spiro atoms. The Kier molecular flexibility index (Phi) is 3.69. The Morgan fingerprint density at radius 3 is 2.65 bits per heavy atom. The maximum Gasteiger partial charge on any atom is 0.145 e. The topological polar surface area (TPSA) is 35.2 Å². The van der Waals surface area contributed by atoms with Crippen molar-refractivity contribution >= 4 is 21.6 Å². The van der Waals surface area contributed by atoms with Gasteiger partial charge in [-0.3, -0.25) is 0 Å². The summed E-state index contributed by atoms with van der Waals surface area (Å²) in [6, 6.07) is 13.8. The Morgan fingerprint density at radius 1 is 1.18 bits per heavy atom. The normalized spacial score (nSPS) is 10.2. The van der Waals surface area contributed by atoms with Crippen LogP contribution >= 0.6 is 15.9 Å². The van der Waals surface area contributed by atoms with E-state index in [1.165, 1.54) is 0 Å². The second-order valence-corrected chi connectivity index (χ2v) is 4.83. The van der Waals surface area contributed by atoms with Crippen LogP contribution in [0.4, 0.5) is 5.69 Å². The fourth-order valence-electron chi connectivity index (χ4n) is 1.65. The number of ether oxygens (including phenoxy) is 1. The first kappa shape index (κ1) is 12.0. The van der Waals surface area contributed by atoms with Gasteiger partial charge in [-0.15, -0.1) is 0 Å². The molecule has 0 bridgehead atoms. The van der Waals surface area contributed by atoms with Crippen molar-refractivity contribution in [2.75, 3.05) is 5.73 Å². The first-order valence-corrected chi connectivity index (χ1v) is 6.18. The van der Waals surface area contributed by atoms with Gasteiger partial charge >= 0.3 is 0 Å². The lowest BCUT2D eigenvalue weighted by Gasteiger charge is -2.11. The second-order valence-electron chi connectivity index (χ2n) is 3.91. The molecule has 0 amide bonds. The number of nitrogens with two attached hydrogens (primary N) is 1. The zero-order chi connectivity index (χ0) is 12.3. The number of para-hydroxylation sites is 1. The molecule has 0 fully saturated rings. The van der Waals surface area contributed by atoms with E-state index in [0.717, 1.165) is 21.3 Å². The number of halogens is 1. The van der Waals surface area contributed by atoms with Gasteiger partial charge in [0.15, 0.2) is 0 Å². The smallest absolute Gasteiger partial charge is 0.145 e. The van der Waals surface area contributed by atoms with Gasteiger partial charge in [-0.05, 0) is 36.2 Å². The minimum atomic E-state index is 0.522. The van der Waals surface area contributed by atoms with Crippen LogP contribution in [0.15, 0.2) is 46.9 Å². The summed E-state index contributed by atoms with van der Waals surface area (Å²) in [6.07, 6.45) is 0. The average molecular weight is 292 g/mol. The third kappa shape index (κ3) is 3.01. The summed E-state index contributed by atoms with van der Waals surface area (Å²) in [7, 11) is 0. The monoisotopic (exact) mass is 291 g/mol. The molecule has 3 heteroatoms. The Balaban J connectivity index is 2.13. The summed E-state index contributed by atoms with van der Waals surface area (Å²) in [6.45, 7) is 2.51. The zero-order valence-electron chi connectivity index (χ0n) is 9.61. The number of hydrogen-bond donors (Lipinski definition) is 1. The van der Waals surface area contributed by atoms with Gasteiger partial charge in [0.2, 0.25) is 0 Å². The van der Waals surface area contributed by atoms with Gasteiger partial charge < -0.3 is 10.5 Å². The molecular formula is C14H14BrNO. The molecule has 0 atom stereocenters. The first-order chi connectivity index (χ1) is 8.16. The van der Waals surface area contributed by atoms with Crippen molar-refractivity contribution < 1.29 is 4.74 Å². The molecule has 2 aromatic rings. The first-order valence-electron chi connectivity index (χ1n) is 5.39. The Hall–Kier alpha value is -1.48. The Labute approximate surface area is 110 Å². The van der Waals surface area contributed by atoms with Crippen LogP contribution in [-0.2, 0) is 6.61 Å². The molecule has 2 nitrogen and oxygen atoms in total. The maximum atomic E-state index is 5.88. The van der Waals surface area contributed by atoms with E-state index in [-0.39, 0.29) is 0 Å². The van der Waals surface area contributed by atoms with E-state index in [1.807, 2.05) is 49.4 Å². The molecule has 0 aliphatic carbocycles. The van der Waals surface area contributed by atoms with Crippen LogP contribution in [0.3, 0.4) is 0 Å². The lowest BCUT2D eigenvalue weighted by molar-refractivity contribution is 0.306. The summed E-state index contributed by atoms with van der Waals surface area (Å²) in [5.74, 6) is 0.771. The maximum absolute atomic E-state index is 5.88. The lowest BCUT2D eigenvalue weighted by atomic mass is 10.2. The summed E-state index contributed by atoms with van der Waals surface area (Å²) in [5, 5.41) is 0. The van der Waals surface area contributed by atoms with Crippen LogP contribution in [0.5, 0.6) is 5.75 Å². The number of benzene rings is 2. The number of anilines is 1. The zero-order valence-corrected chi connectivity index (χ0v) is 11.2. The molecule has 17 heavy (non-hydrogen) atoms. The van der Waals surface area contributed by atoms with E-state index in [1.54, 1.807) is 0 Å². The van der Waals surface area contributed by atoms with E-state index in [0.29, 0.717) is 12.3 Å². The molecule has 0 aliphatic heterocycles. The molecule has 2 N–H and O–H groups in total. The standard InChI is InChI=1S/C14H14BrNO/c1-10-4-2-7-13(16)14(10)17-9-11-5-3-6-12(15)8-11/h2-8H,9,16H2,1H3. The minimum absolute atomic E-state index is 0.522. The number of hydrogen-bond acceptors (Lipinski definition) is 2. The van der Waals surface area contributed by atoms with Crippen molar-refractivity contribution in [3.05, 3.63) is 58.1 Å². The molecule has 0 unspecified atom stereocenters. The predicted molar refractivity (Wildman–Crippen MR) is 74.1 cm³/mol. The third-order valence-electron chi connectivity index (χ3n) is 2.51. The van der Waals surface area contributed by atoms with Crippen LogP contribution < -0.4 is 10.5 Å². The lowest BCUT2D eigenvalue weighted by Crippen LogP contribution is -2.00. The number of aryl methyl sites for hydroxylation is 1. The highest BCUT2D eigenvalue weighted by molar-refractivity contribution is 9.10. The van der Waals surface area contributed by atoms with Gasteiger partial charge in [0.05, 0.1) is 5.69 Å². The minimum Gasteiger partial charge on any atom is -0.486 e. The highest BCUT2D eigenvalue weighted by Gasteiger charge is 2.04. The van der Waals surface area contributed by atoms with Crippen molar-refractivity contribution in [1.29, 1.82) is 0 Å². The van der Waals surface area contributed by atoms with E-state index < -0.39 is 0 Å². The van der Waals surface area contributed by atoms with Crippen molar-refractivity contribution in [2.45, 2.75) is 13.5 Å². The molecule has 0 saturated carbocycles.